The topological polar surface area (TPSA) is 271 Å². The predicted molar refractivity (Wildman–Crippen MR) is 295 cm³/mol. The summed E-state index contributed by atoms with van der Waals surface area (Å²) >= 11 is 0. The van der Waals surface area contributed by atoms with E-state index in [1.807, 2.05) is 133 Å². The number of pyridine rings is 4. The molecular weight excluding hydrogens is 1060 g/mol. The SMILES string of the molecule is CC(C)(C)NS(=O)(=O)c1cncc(-c2nnc(NCc3ccccn3)c3c(-c4ccccc4)cccc23)c1.NS(=O)(=O)c1cncc(-c2nnc(NCc3ccccn3)c3c(-c4ccccc4)cccc23)c1.O=C(O)C(F)(F)F. The van der Waals surface area contributed by atoms with Gasteiger partial charge in [-0.1, -0.05) is 109 Å². The Bertz CT molecular complexity index is 4000. The minimum Gasteiger partial charge on any atom is -0.475 e. The predicted octanol–water partition coefficient (Wildman–Crippen LogP) is 10.1. The molecule has 6 N–H and O–H groups in total. The van der Waals surface area contributed by atoms with Crippen LogP contribution in [-0.4, -0.2) is 80.0 Å². The zero-order chi connectivity index (χ0) is 56.4. The number of benzene rings is 4. The highest BCUT2D eigenvalue weighted by atomic mass is 32.2. The lowest BCUT2D eigenvalue weighted by Crippen LogP contribution is -2.40. The molecule has 18 nitrogen and oxygen atoms in total. The molecule has 402 valence electrons. The van der Waals surface area contributed by atoms with E-state index in [-0.39, 0.29) is 9.79 Å². The first-order valence-electron chi connectivity index (χ1n) is 23.9. The monoisotopic (exact) mass is 1110 g/mol. The van der Waals surface area contributed by atoms with E-state index in [0.29, 0.717) is 47.2 Å². The zero-order valence-electron chi connectivity index (χ0n) is 42.3. The number of hydrogen-bond donors (Lipinski definition) is 5. The van der Waals surface area contributed by atoms with E-state index in [2.05, 4.69) is 55.7 Å². The van der Waals surface area contributed by atoms with E-state index in [0.717, 1.165) is 55.2 Å². The van der Waals surface area contributed by atoms with Crippen LogP contribution in [0.1, 0.15) is 32.2 Å². The van der Waals surface area contributed by atoms with Crippen molar-refractivity contribution in [3.8, 4) is 44.8 Å². The van der Waals surface area contributed by atoms with Gasteiger partial charge in [0.2, 0.25) is 20.0 Å². The molecule has 0 fully saturated rings. The first-order chi connectivity index (χ1) is 37.7. The molecule has 23 heteroatoms. The molecule has 0 aliphatic heterocycles. The minimum atomic E-state index is -5.08. The summed E-state index contributed by atoms with van der Waals surface area (Å²) in [6.45, 7) is 6.32. The highest BCUT2D eigenvalue weighted by Crippen LogP contribution is 2.39. The molecule has 0 bridgehead atoms. The Morgan fingerprint density at radius 2 is 0.962 bits per heavy atom. The molecule has 0 amide bonds. The largest absolute Gasteiger partial charge is 0.490 e. The van der Waals surface area contributed by atoms with Crippen LogP contribution >= 0.6 is 0 Å². The van der Waals surface area contributed by atoms with Gasteiger partial charge in [-0.25, -0.2) is 31.5 Å². The average Bonchev–Trinajstić information content (AvgIpc) is 3.52. The van der Waals surface area contributed by atoms with E-state index >= 15 is 0 Å². The first kappa shape index (κ1) is 56.1. The van der Waals surface area contributed by atoms with E-state index in [4.69, 9.17) is 15.0 Å². The Balaban J connectivity index is 0.000000187. The van der Waals surface area contributed by atoms with Gasteiger partial charge >= 0.3 is 12.1 Å². The van der Waals surface area contributed by atoms with Crippen molar-refractivity contribution in [2.24, 2.45) is 5.14 Å². The van der Waals surface area contributed by atoms with Gasteiger partial charge in [0.25, 0.3) is 0 Å². The number of carboxylic acids is 1. The third kappa shape index (κ3) is 14.3. The number of aromatic nitrogens is 8. The van der Waals surface area contributed by atoms with Crippen molar-refractivity contribution in [2.75, 3.05) is 10.6 Å². The lowest BCUT2D eigenvalue weighted by atomic mass is 9.97. The summed E-state index contributed by atoms with van der Waals surface area (Å²) in [6.07, 6.45) is 4.12. The molecule has 0 atom stereocenters. The molecule has 10 rings (SSSR count). The van der Waals surface area contributed by atoms with Crippen molar-refractivity contribution in [1.82, 2.24) is 45.1 Å². The Hall–Kier alpha value is -9.16. The van der Waals surface area contributed by atoms with Crippen LogP contribution in [0.3, 0.4) is 0 Å². The maximum atomic E-state index is 13.0. The number of nitrogens with zero attached hydrogens (tertiary/aromatic N) is 8. The second kappa shape index (κ2) is 24.0. The smallest absolute Gasteiger partial charge is 0.475 e. The van der Waals surface area contributed by atoms with Crippen molar-refractivity contribution in [3.05, 3.63) is 194 Å². The van der Waals surface area contributed by atoms with Gasteiger partial charge in [-0.15, -0.1) is 20.4 Å². The normalized spacial score (nSPS) is 11.7. The molecule has 4 aromatic carbocycles. The number of primary sulfonamides is 1. The number of halogens is 3. The highest BCUT2D eigenvalue weighted by molar-refractivity contribution is 7.89. The molecule has 6 heterocycles. The lowest BCUT2D eigenvalue weighted by molar-refractivity contribution is -0.192. The van der Waals surface area contributed by atoms with Crippen LogP contribution in [-0.2, 0) is 37.9 Å². The summed E-state index contributed by atoms with van der Waals surface area (Å²) in [5.41, 5.74) is 7.21. The zero-order valence-corrected chi connectivity index (χ0v) is 44.0. The van der Waals surface area contributed by atoms with Crippen molar-refractivity contribution < 1.29 is 39.9 Å². The quantitative estimate of drug-likeness (QED) is 0.0718. The Morgan fingerprint density at radius 1 is 0.544 bits per heavy atom. The third-order valence-electron chi connectivity index (χ3n) is 11.4. The summed E-state index contributed by atoms with van der Waals surface area (Å²) in [6, 6.07) is 46.4. The van der Waals surface area contributed by atoms with E-state index < -0.39 is 37.7 Å². The number of hydrogen-bond acceptors (Lipinski definition) is 15. The number of carbonyl (C=O) groups is 1. The van der Waals surface area contributed by atoms with Gasteiger partial charge in [0, 0.05) is 75.4 Å². The molecule has 6 aromatic heterocycles. The second-order valence-corrected chi connectivity index (χ2v) is 21.6. The summed E-state index contributed by atoms with van der Waals surface area (Å²) in [7, 11) is -7.70. The van der Waals surface area contributed by atoms with E-state index in [1.54, 1.807) is 51.6 Å². The van der Waals surface area contributed by atoms with Crippen LogP contribution in [0.15, 0.2) is 193 Å². The van der Waals surface area contributed by atoms with Gasteiger partial charge in [-0.05, 0) is 79.4 Å². The molecular formula is C56H49F3N12O6S2. The van der Waals surface area contributed by atoms with Crippen molar-refractivity contribution in [3.63, 3.8) is 0 Å². The number of rotatable bonds is 13. The number of nitrogens with one attached hydrogen (secondary N) is 3. The summed E-state index contributed by atoms with van der Waals surface area (Å²) in [5, 5.41) is 40.6. The summed E-state index contributed by atoms with van der Waals surface area (Å²) < 4.78 is 84.2. The van der Waals surface area contributed by atoms with Crippen LogP contribution < -0.4 is 20.5 Å². The molecule has 0 aliphatic carbocycles. The molecule has 79 heavy (non-hydrogen) atoms. The van der Waals surface area contributed by atoms with Crippen LogP contribution in [0.4, 0.5) is 24.8 Å². The van der Waals surface area contributed by atoms with Gasteiger partial charge in [-0.3, -0.25) is 19.9 Å². The van der Waals surface area contributed by atoms with E-state index in [9.17, 15) is 30.0 Å². The average molecular weight is 1110 g/mol. The number of sulfonamides is 2. The van der Waals surface area contributed by atoms with Crippen LogP contribution in [0.5, 0.6) is 0 Å². The fourth-order valence-corrected chi connectivity index (χ4v) is 9.93. The second-order valence-electron chi connectivity index (χ2n) is 18.4. The number of nitrogens with two attached hydrogens (primary N) is 1. The van der Waals surface area contributed by atoms with Crippen molar-refractivity contribution in [2.45, 2.75) is 55.4 Å². The standard InChI is InChI=1S/C29H28N6O2S.C25H20N6O2S.C2HF3O2/c1-29(2,3)35-38(36,37)23-16-21(17-30-19-23)27-25-14-9-13-24(20-10-5-4-6-11-20)26(25)28(34-33-27)32-18-22-12-7-8-15-31-22;26-34(32,33)20-13-18(14-27-16-20)24-22-11-6-10-21(17-7-2-1-3-8-17)23(22)25(31-30-24)29-15-19-9-4-5-12-28-19;3-2(4,5)1(6)7/h4-17,19,35H,18H2,1-3H3,(H,32,34);1-14,16H,15H2,(H,29,31)(H2,26,32,33);(H,6,7). The summed E-state index contributed by atoms with van der Waals surface area (Å²) in [5.74, 6) is -1.55. The summed E-state index contributed by atoms with van der Waals surface area (Å²) in [4.78, 5) is 25.9. The van der Waals surface area contributed by atoms with Gasteiger partial charge in [0.15, 0.2) is 11.6 Å². The number of anilines is 2. The van der Waals surface area contributed by atoms with Crippen molar-refractivity contribution in [1.29, 1.82) is 0 Å². The molecule has 10 aromatic rings. The van der Waals surface area contributed by atoms with E-state index in [1.165, 1.54) is 18.5 Å². The lowest BCUT2D eigenvalue weighted by Gasteiger charge is -2.20. The Kier molecular flexibility index (Phi) is 17.0. The highest BCUT2D eigenvalue weighted by Gasteiger charge is 2.38. The third-order valence-corrected chi connectivity index (χ3v) is 14.0. The van der Waals surface area contributed by atoms with Gasteiger partial charge < -0.3 is 15.7 Å². The minimum absolute atomic E-state index is 0.0662. The molecule has 0 aliphatic rings. The van der Waals surface area contributed by atoms with Crippen LogP contribution in [0.2, 0.25) is 0 Å². The molecule has 0 radical (unpaired) electrons. The molecule has 0 spiro atoms. The van der Waals surface area contributed by atoms with Gasteiger partial charge in [0.1, 0.15) is 21.2 Å². The molecule has 0 saturated heterocycles. The van der Waals surface area contributed by atoms with Gasteiger partial charge in [0.05, 0.1) is 24.5 Å². The maximum absolute atomic E-state index is 13.0. The van der Waals surface area contributed by atoms with Gasteiger partial charge in [-0.2, -0.15) is 13.2 Å². The van der Waals surface area contributed by atoms with Crippen molar-refractivity contribution >= 4 is 59.2 Å². The van der Waals surface area contributed by atoms with Crippen LogP contribution in [0, 0.1) is 0 Å². The van der Waals surface area contributed by atoms with Crippen LogP contribution in [0.25, 0.3) is 66.3 Å². The Morgan fingerprint density at radius 3 is 1.35 bits per heavy atom. The fraction of sp³-hybridized carbons (Fsp3) is 0.125. The number of aliphatic carboxylic acids is 1. The maximum Gasteiger partial charge on any atom is 0.490 e. The number of carboxylic acid groups (broad SMARTS) is 1. The number of alkyl halides is 3. The molecule has 0 unspecified atom stereocenters. The fourth-order valence-electron chi connectivity index (χ4n) is 8.02. The molecule has 0 saturated carbocycles. The Labute approximate surface area is 452 Å². The number of fused-ring (bicyclic) bond motifs is 2. The first-order valence-corrected chi connectivity index (χ1v) is 26.9.